The highest BCUT2D eigenvalue weighted by atomic mass is 35.5. The van der Waals surface area contributed by atoms with Gasteiger partial charge in [0.25, 0.3) is 0 Å². The van der Waals surface area contributed by atoms with E-state index < -0.39 is 18.2 Å². The third-order valence-corrected chi connectivity index (χ3v) is 6.50. The molecule has 1 aromatic heterocycles. The van der Waals surface area contributed by atoms with Crippen LogP contribution in [0, 0.1) is 0 Å². The van der Waals surface area contributed by atoms with Crippen LogP contribution < -0.4 is 10.1 Å². The van der Waals surface area contributed by atoms with Crippen LogP contribution >= 0.6 is 11.6 Å². The van der Waals surface area contributed by atoms with Crippen molar-refractivity contribution in [3.63, 3.8) is 0 Å². The molecule has 0 bridgehead atoms. The summed E-state index contributed by atoms with van der Waals surface area (Å²) >= 11 is 6.22. The molecule has 188 valence electrons. The Morgan fingerprint density at radius 1 is 1.11 bits per heavy atom. The second kappa shape index (κ2) is 10.4. The molecule has 0 fully saturated rings. The van der Waals surface area contributed by atoms with Crippen molar-refractivity contribution in [2.75, 3.05) is 11.9 Å². The van der Waals surface area contributed by atoms with E-state index >= 15 is 0 Å². The Balaban J connectivity index is 1.38. The highest BCUT2D eigenvalue weighted by Crippen LogP contribution is 2.44. The lowest BCUT2D eigenvalue weighted by Gasteiger charge is -2.15. The molecule has 0 saturated heterocycles. The van der Waals surface area contributed by atoms with Crippen molar-refractivity contribution in [1.82, 2.24) is 5.16 Å². The number of carbonyl (C=O) groups is 2. The number of rotatable bonds is 7. The van der Waals surface area contributed by atoms with Gasteiger partial charge in [0.2, 0.25) is 0 Å². The average Bonchev–Trinajstić information content (AvgIpc) is 3.54. The van der Waals surface area contributed by atoms with Gasteiger partial charge in [-0.3, -0.25) is 10.1 Å². The Kier molecular flexibility index (Phi) is 6.83. The van der Waals surface area contributed by atoms with Crippen LogP contribution in [0.1, 0.15) is 29.7 Å². The first-order valence-corrected chi connectivity index (χ1v) is 12.1. The van der Waals surface area contributed by atoms with E-state index in [1.165, 1.54) is 6.20 Å². The number of nitrogens with zero attached hydrogens (tertiary/aromatic N) is 1. The Bertz CT molecular complexity index is 1460. The van der Waals surface area contributed by atoms with Gasteiger partial charge in [-0.05, 0) is 35.7 Å². The minimum Gasteiger partial charge on any atom is -0.492 e. The third-order valence-electron chi connectivity index (χ3n) is 6.16. The molecule has 4 aromatic rings. The molecule has 0 saturated carbocycles. The smallest absolute Gasteiger partial charge is 0.412 e. The van der Waals surface area contributed by atoms with Crippen LogP contribution in [0.2, 0.25) is 5.02 Å². The third kappa shape index (κ3) is 5.15. The first-order valence-electron chi connectivity index (χ1n) is 11.7. The molecule has 1 atom stereocenters. The van der Waals surface area contributed by atoms with Crippen molar-refractivity contribution in [2.45, 2.75) is 25.9 Å². The normalized spacial score (nSPS) is 12.9. The largest absolute Gasteiger partial charge is 0.492 e. The fourth-order valence-corrected chi connectivity index (χ4v) is 4.70. The molecule has 9 heteroatoms. The summed E-state index contributed by atoms with van der Waals surface area (Å²) in [6.45, 7) is 2.24. The highest BCUT2D eigenvalue weighted by molar-refractivity contribution is 6.31. The Morgan fingerprint density at radius 2 is 1.86 bits per heavy atom. The SMILES string of the molecule is CC(OC(=O)Nc1cnoc1-c1ccc(-c2ccc(CC(=O)O)cc2)c2c1OCC2)c1ccccc1Cl. The number of carboxylic acids is 1. The number of benzene rings is 3. The van der Waals surface area contributed by atoms with Gasteiger partial charge >= 0.3 is 12.1 Å². The van der Waals surface area contributed by atoms with Crippen molar-refractivity contribution in [3.8, 4) is 28.2 Å². The number of aliphatic carboxylic acids is 1. The number of hydrogen-bond acceptors (Lipinski definition) is 6. The van der Waals surface area contributed by atoms with Gasteiger partial charge in [0.15, 0.2) is 5.76 Å². The van der Waals surface area contributed by atoms with E-state index in [4.69, 9.17) is 30.7 Å². The van der Waals surface area contributed by atoms with Gasteiger partial charge in [-0.15, -0.1) is 0 Å². The molecule has 1 aliphatic heterocycles. The molecule has 1 aliphatic rings. The van der Waals surface area contributed by atoms with Crippen LogP contribution in [0.4, 0.5) is 10.5 Å². The summed E-state index contributed by atoms with van der Waals surface area (Å²) in [4.78, 5) is 23.6. The highest BCUT2D eigenvalue weighted by Gasteiger charge is 2.26. The molecule has 3 aromatic carbocycles. The zero-order chi connectivity index (χ0) is 25.9. The summed E-state index contributed by atoms with van der Waals surface area (Å²) in [7, 11) is 0. The van der Waals surface area contributed by atoms with E-state index in [-0.39, 0.29) is 6.42 Å². The number of fused-ring (bicyclic) bond motifs is 1. The van der Waals surface area contributed by atoms with E-state index in [9.17, 15) is 9.59 Å². The van der Waals surface area contributed by atoms with Gasteiger partial charge in [0, 0.05) is 22.6 Å². The van der Waals surface area contributed by atoms with Crippen molar-refractivity contribution < 1.29 is 28.7 Å². The maximum Gasteiger partial charge on any atom is 0.412 e. The van der Waals surface area contributed by atoms with Gasteiger partial charge in [-0.2, -0.15) is 0 Å². The van der Waals surface area contributed by atoms with Gasteiger partial charge in [0.1, 0.15) is 17.5 Å². The zero-order valence-electron chi connectivity index (χ0n) is 19.9. The standard InChI is InChI=1S/C28H23ClN2O6/c1-16(19-4-2-3-5-23(19)29)36-28(34)31-24-15-30-37-27(24)22-11-10-20(21-12-13-35-26(21)22)18-8-6-17(7-9-18)14-25(32)33/h2-11,15-16H,12-14H2,1H3,(H,31,34)(H,32,33). The van der Waals surface area contributed by atoms with Gasteiger partial charge in [-0.1, -0.05) is 65.3 Å². The number of amides is 1. The van der Waals surface area contributed by atoms with Crippen molar-refractivity contribution in [3.05, 3.63) is 88.6 Å². The second-order valence-electron chi connectivity index (χ2n) is 8.60. The maximum atomic E-state index is 12.6. The molecule has 5 rings (SSSR count). The number of nitrogens with one attached hydrogen (secondary N) is 1. The van der Waals surface area contributed by atoms with Gasteiger partial charge in [0.05, 0.1) is 24.8 Å². The van der Waals surface area contributed by atoms with Crippen molar-refractivity contribution >= 4 is 29.4 Å². The maximum absolute atomic E-state index is 12.6. The van der Waals surface area contributed by atoms with E-state index in [1.54, 1.807) is 19.1 Å². The molecule has 2 N–H and O–H groups in total. The summed E-state index contributed by atoms with van der Waals surface area (Å²) in [6, 6.07) is 18.4. The van der Waals surface area contributed by atoms with E-state index in [1.807, 2.05) is 48.5 Å². The fourth-order valence-electron chi connectivity index (χ4n) is 4.41. The van der Waals surface area contributed by atoms with Crippen LogP contribution in [-0.4, -0.2) is 28.9 Å². The van der Waals surface area contributed by atoms with Gasteiger partial charge in [-0.25, -0.2) is 4.79 Å². The number of carbonyl (C=O) groups excluding carboxylic acids is 1. The molecular weight excluding hydrogens is 496 g/mol. The molecule has 2 heterocycles. The van der Waals surface area contributed by atoms with Crippen LogP contribution in [0.5, 0.6) is 5.75 Å². The Morgan fingerprint density at radius 3 is 2.62 bits per heavy atom. The number of ether oxygens (including phenoxy) is 2. The Hall–Kier alpha value is -4.30. The number of aromatic nitrogens is 1. The lowest BCUT2D eigenvalue weighted by molar-refractivity contribution is -0.136. The Labute approximate surface area is 217 Å². The molecule has 37 heavy (non-hydrogen) atoms. The number of anilines is 1. The van der Waals surface area contributed by atoms with E-state index in [0.717, 1.165) is 22.3 Å². The molecule has 0 spiro atoms. The number of halogens is 1. The predicted molar refractivity (Wildman–Crippen MR) is 138 cm³/mol. The minimum atomic E-state index is -0.870. The quantitative estimate of drug-likeness (QED) is 0.286. The summed E-state index contributed by atoms with van der Waals surface area (Å²) in [5.74, 6) is 0.138. The first kappa shape index (κ1) is 24.4. The zero-order valence-corrected chi connectivity index (χ0v) is 20.6. The van der Waals surface area contributed by atoms with Crippen LogP contribution in [-0.2, 0) is 22.4 Å². The van der Waals surface area contributed by atoms with Crippen LogP contribution in [0.3, 0.4) is 0 Å². The van der Waals surface area contributed by atoms with Gasteiger partial charge < -0.3 is 19.1 Å². The molecule has 0 aliphatic carbocycles. The van der Waals surface area contributed by atoms with Crippen LogP contribution in [0.15, 0.2) is 71.4 Å². The predicted octanol–water partition coefficient (Wildman–Crippen LogP) is 6.53. The summed E-state index contributed by atoms with van der Waals surface area (Å²) in [6.07, 6.45) is 0.844. The lowest BCUT2D eigenvalue weighted by Crippen LogP contribution is -2.16. The number of carboxylic acid groups (broad SMARTS) is 1. The molecule has 1 unspecified atom stereocenters. The minimum absolute atomic E-state index is 0.0265. The monoisotopic (exact) mass is 518 g/mol. The molecule has 8 nitrogen and oxygen atoms in total. The summed E-state index contributed by atoms with van der Waals surface area (Å²) < 4.78 is 17.0. The van der Waals surface area contributed by atoms with E-state index in [0.29, 0.717) is 46.4 Å². The van der Waals surface area contributed by atoms with Crippen LogP contribution in [0.25, 0.3) is 22.5 Å². The topological polar surface area (TPSA) is 111 Å². The fraction of sp³-hybridized carbons (Fsp3) is 0.179. The molecule has 0 radical (unpaired) electrons. The first-order chi connectivity index (χ1) is 17.9. The summed E-state index contributed by atoms with van der Waals surface area (Å²) in [5.41, 5.74) is 5.37. The van der Waals surface area contributed by atoms with Crippen molar-refractivity contribution in [2.24, 2.45) is 0 Å². The number of hydrogen-bond donors (Lipinski definition) is 2. The molecule has 1 amide bonds. The second-order valence-corrected chi connectivity index (χ2v) is 9.00. The lowest BCUT2D eigenvalue weighted by atomic mass is 9.94. The van der Waals surface area contributed by atoms with Crippen molar-refractivity contribution in [1.29, 1.82) is 0 Å². The average molecular weight is 519 g/mol. The molecular formula is C28H23ClN2O6. The summed E-state index contributed by atoms with van der Waals surface area (Å²) in [5, 5.41) is 16.1. The van der Waals surface area contributed by atoms with E-state index in [2.05, 4.69) is 10.5 Å².